The van der Waals surface area contributed by atoms with Crippen LogP contribution in [0.5, 0.6) is 0 Å². The molecule has 1 aromatic rings. The van der Waals surface area contributed by atoms with E-state index in [1.807, 2.05) is 0 Å². The zero-order valence-electron chi connectivity index (χ0n) is 8.25. The highest BCUT2D eigenvalue weighted by atomic mass is 35.5. The smallest absolute Gasteiger partial charge is 0.142 e. The standard InChI is InChI=1S/C11H13ClFNO/c12-9-2-1-7(5-10(9)13)11-8(6-14)3-4-15-11/h1-2,5,8,11H,3-4,6,14H2. The van der Waals surface area contributed by atoms with E-state index < -0.39 is 5.82 Å². The number of hydrogen-bond acceptors (Lipinski definition) is 2. The first-order chi connectivity index (χ1) is 7.22. The lowest BCUT2D eigenvalue weighted by Gasteiger charge is -2.17. The molecule has 0 bridgehead atoms. The summed E-state index contributed by atoms with van der Waals surface area (Å²) in [4.78, 5) is 0. The largest absolute Gasteiger partial charge is 0.373 e. The van der Waals surface area contributed by atoms with Crippen LogP contribution in [-0.4, -0.2) is 13.2 Å². The SMILES string of the molecule is NCC1CCOC1c1ccc(Cl)c(F)c1. The minimum Gasteiger partial charge on any atom is -0.373 e. The van der Waals surface area contributed by atoms with Gasteiger partial charge in [-0.05, 0) is 30.7 Å². The van der Waals surface area contributed by atoms with Gasteiger partial charge in [-0.15, -0.1) is 0 Å². The number of benzene rings is 1. The van der Waals surface area contributed by atoms with E-state index in [-0.39, 0.29) is 17.0 Å². The predicted octanol–water partition coefficient (Wildman–Crippen LogP) is 2.52. The Balaban J connectivity index is 2.25. The van der Waals surface area contributed by atoms with Crippen LogP contribution in [0.15, 0.2) is 18.2 Å². The van der Waals surface area contributed by atoms with Crippen molar-refractivity contribution in [3.05, 3.63) is 34.6 Å². The van der Waals surface area contributed by atoms with E-state index >= 15 is 0 Å². The summed E-state index contributed by atoms with van der Waals surface area (Å²) in [5.41, 5.74) is 6.45. The summed E-state index contributed by atoms with van der Waals surface area (Å²) in [5.74, 6) is -0.119. The second-order valence-electron chi connectivity index (χ2n) is 3.75. The molecule has 1 aliphatic rings. The molecule has 0 radical (unpaired) electrons. The Morgan fingerprint density at radius 1 is 1.53 bits per heavy atom. The molecule has 2 unspecified atom stereocenters. The molecule has 1 fully saturated rings. The van der Waals surface area contributed by atoms with Crippen molar-refractivity contribution >= 4 is 11.6 Å². The van der Waals surface area contributed by atoms with Crippen molar-refractivity contribution in [3.8, 4) is 0 Å². The second-order valence-corrected chi connectivity index (χ2v) is 4.16. The molecular weight excluding hydrogens is 217 g/mol. The van der Waals surface area contributed by atoms with Gasteiger partial charge in [0.2, 0.25) is 0 Å². The van der Waals surface area contributed by atoms with Gasteiger partial charge in [-0.25, -0.2) is 4.39 Å². The van der Waals surface area contributed by atoms with E-state index in [9.17, 15) is 4.39 Å². The van der Waals surface area contributed by atoms with Crippen LogP contribution in [0.3, 0.4) is 0 Å². The average molecular weight is 230 g/mol. The van der Waals surface area contributed by atoms with Gasteiger partial charge in [0.25, 0.3) is 0 Å². The lowest BCUT2D eigenvalue weighted by atomic mass is 9.95. The molecule has 4 heteroatoms. The minimum atomic E-state index is -0.402. The fourth-order valence-electron chi connectivity index (χ4n) is 1.93. The number of halogens is 2. The minimum absolute atomic E-state index is 0.0817. The van der Waals surface area contributed by atoms with Crippen molar-refractivity contribution in [1.82, 2.24) is 0 Å². The van der Waals surface area contributed by atoms with Crippen LogP contribution in [0.4, 0.5) is 4.39 Å². The molecule has 2 nitrogen and oxygen atoms in total. The maximum absolute atomic E-state index is 13.2. The molecule has 2 atom stereocenters. The van der Waals surface area contributed by atoms with Gasteiger partial charge in [-0.2, -0.15) is 0 Å². The van der Waals surface area contributed by atoms with Gasteiger partial charge in [-0.1, -0.05) is 17.7 Å². The summed E-state index contributed by atoms with van der Waals surface area (Å²) in [7, 11) is 0. The van der Waals surface area contributed by atoms with E-state index in [1.54, 1.807) is 12.1 Å². The lowest BCUT2D eigenvalue weighted by Crippen LogP contribution is -2.17. The predicted molar refractivity (Wildman–Crippen MR) is 57.3 cm³/mol. The van der Waals surface area contributed by atoms with Gasteiger partial charge in [0.05, 0.1) is 11.1 Å². The van der Waals surface area contributed by atoms with Crippen molar-refractivity contribution in [2.45, 2.75) is 12.5 Å². The first-order valence-corrected chi connectivity index (χ1v) is 5.37. The molecule has 1 heterocycles. The van der Waals surface area contributed by atoms with Crippen molar-refractivity contribution in [3.63, 3.8) is 0 Å². The highest BCUT2D eigenvalue weighted by Gasteiger charge is 2.28. The van der Waals surface area contributed by atoms with Gasteiger partial charge >= 0.3 is 0 Å². The van der Waals surface area contributed by atoms with Gasteiger partial charge in [0.1, 0.15) is 5.82 Å². The summed E-state index contributed by atoms with van der Waals surface area (Å²) in [6.07, 6.45) is 0.854. The fraction of sp³-hybridized carbons (Fsp3) is 0.455. The van der Waals surface area contributed by atoms with Crippen LogP contribution in [0, 0.1) is 11.7 Å². The summed E-state index contributed by atoms with van der Waals surface area (Å²) >= 11 is 5.62. The molecule has 2 N–H and O–H groups in total. The summed E-state index contributed by atoms with van der Waals surface area (Å²) < 4.78 is 18.8. The summed E-state index contributed by atoms with van der Waals surface area (Å²) in [6, 6.07) is 4.78. The highest BCUT2D eigenvalue weighted by molar-refractivity contribution is 6.30. The number of ether oxygens (including phenoxy) is 1. The Bertz CT molecular complexity index is 358. The van der Waals surface area contributed by atoms with Crippen LogP contribution >= 0.6 is 11.6 Å². The molecule has 0 aliphatic carbocycles. The molecule has 0 saturated carbocycles. The Hall–Kier alpha value is -0.640. The van der Waals surface area contributed by atoms with Crippen LogP contribution in [0.2, 0.25) is 5.02 Å². The van der Waals surface area contributed by atoms with Crippen LogP contribution in [0.1, 0.15) is 18.1 Å². The van der Waals surface area contributed by atoms with Gasteiger partial charge < -0.3 is 10.5 Å². The van der Waals surface area contributed by atoms with E-state index in [0.717, 1.165) is 12.0 Å². The third-order valence-corrected chi connectivity index (χ3v) is 3.10. The van der Waals surface area contributed by atoms with Crippen molar-refractivity contribution in [2.24, 2.45) is 11.7 Å². The molecule has 1 aromatic carbocycles. The van der Waals surface area contributed by atoms with E-state index in [0.29, 0.717) is 13.2 Å². The highest BCUT2D eigenvalue weighted by Crippen LogP contribution is 2.34. The normalized spacial score (nSPS) is 25.8. The molecule has 0 spiro atoms. The van der Waals surface area contributed by atoms with Crippen molar-refractivity contribution in [1.29, 1.82) is 0 Å². The Morgan fingerprint density at radius 3 is 3.00 bits per heavy atom. The van der Waals surface area contributed by atoms with E-state index in [2.05, 4.69) is 0 Å². The first-order valence-electron chi connectivity index (χ1n) is 4.99. The van der Waals surface area contributed by atoms with Crippen molar-refractivity contribution in [2.75, 3.05) is 13.2 Å². The monoisotopic (exact) mass is 229 g/mol. The van der Waals surface area contributed by atoms with Crippen LogP contribution < -0.4 is 5.73 Å². The van der Waals surface area contributed by atoms with E-state index in [4.69, 9.17) is 22.1 Å². The zero-order valence-corrected chi connectivity index (χ0v) is 9.01. The lowest BCUT2D eigenvalue weighted by molar-refractivity contribution is 0.0922. The average Bonchev–Trinajstić information content (AvgIpc) is 2.70. The molecule has 2 rings (SSSR count). The van der Waals surface area contributed by atoms with E-state index in [1.165, 1.54) is 6.07 Å². The van der Waals surface area contributed by atoms with Crippen LogP contribution in [0.25, 0.3) is 0 Å². The van der Waals surface area contributed by atoms with Gasteiger partial charge in [0, 0.05) is 12.5 Å². The molecular formula is C11H13ClFNO. The maximum atomic E-state index is 13.2. The summed E-state index contributed by atoms with van der Waals surface area (Å²) in [5, 5.41) is 0.140. The molecule has 0 amide bonds. The number of hydrogen-bond donors (Lipinski definition) is 1. The molecule has 1 saturated heterocycles. The third-order valence-electron chi connectivity index (χ3n) is 2.79. The van der Waals surface area contributed by atoms with Gasteiger partial charge in [0.15, 0.2) is 0 Å². The first kappa shape index (κ1) is 10.9. The molecule has 1 aliphatic heterocycles. The van der Waals surface area contributed by atoms with Gasteiger partial charge in [-0.3, -0.25) is 0 Å². The molecule has 15 heavy (non-hydrogen) atoms. The third kappa shape index (κ3) is 2.14. The molecule has 0 aromatic heterocycles. The fourth-order valence-corrected chi connectivity index (χ4v) is 2.05. The Labute approximate surface area is 93.2 Å². The maximum Gasteiger partial charge on any atom is 0.142 e. The number of nitrogens with two attached hydrogens (primary N) is 1. The summed E-state index contributed by atoms with van der Waals surface area (Å²) in [6.45, 7) is 1.26. The quantitative estimate of drug-likeness (QED) is 0.846. The Morgan fingerprint density at radius 2 is 2.33 bits per heavy atom. The van der Waals surface area contributed by atoms with Crippen molar-refractivity contribution < 1.29 is 9.13 Å². The number of rotatable bonds is 2. The molecule has 82 valence electrons. The Kier molecular flexibility index (Phi) is 3.24. The van der Waals surface area contributed by atoms with Crippen LogP contribution in [-0.2, 0) is 4.74 Å². The zero-order chi connectivity index (χ0) is 10.8. The topological polar surface area (TPSA) is 35.2 Å². The second kappa shape index (κ2) is 4.47.